The lowest BCUT2D eigenvalue weighted by atomic mass is 9.84. The van der Waals surface area contributed by atoms with Crippen LogP contribution in [0.1, 0.15) is 51.0 Å². The molecule has 17 heavy (non-hydrogen) atoms. The molecule has 2 unspecified atom stereocenters. The molecule has 0 saturated heterocycles. The van der Waals surface area contributed by atoms with Crippen LogP contribution >= 0.6 is 0 Å². The summed E-state index contributed by atoms with van der Waals surface area (Å²) in [5.74, 6) is 0.491. The fourth-order valence-corrected chi connectivity index (χ4v) is 2.82. The number of aromatic nitrogens is 1. The van der Waals surface area contributed by atoms with Crippen LogP contribution in [-0.4, -0.2) is 4.98 Å². The third-order valence-corrected chi connectivity index (χ3v) is 4.09. The van der Waals surface area contributed by atoms with Gasteiger partial charge in [0.05, 0.1) is 6.20 Å². The van der Waals surface area contributed by atoms with Crippen molar-refractivity contribution in [1.29, 1.82) is 0 Å². The molecule has 0 spiro atoms. The first-order chi connectivity index (χ1) is 8.14. The van der Waals surface area contributed by atoms with E-state index in [2.05, 4.69) is 11.9 Å². The van der Waals surface area contributed by atoms with Crippen LogP contribution < -0.4 is 5.73 Å². The van der Waals surface area contributed by atoms with Gasteiger partial charge in [0.2, 0.25) is 0 Å². The minimum atomic E-state index is -0.376. The second kappa shape index (κ2) is 5.13. The van der Waals surface area contributed by atoms with Crippen molar-refractivity contribution in [3.8, 4) is 0 Å². The minimum absolute atomic E-state index is 0.288. The summed E-state index contributed by atoms with van der Waals surface area (Å²) in [7, 11) is 0. The van der Waals surface area contributed by atoms with Crippen molar-refractivity contribution in [2.24, 2.45) is 11.7 Å². The van der Waals surface area contributed by atoms with Gasteiger partial charge in [-0.25, -0.2) is 4.39 Å². The molecule has 2 rings (SSSR count). The number of hydrogen-bond donors (Lipinski definition) is 1. The van der Waals surface area contributed by atoms with Crippen LogP contribution in [0.25, 0.3) is 0 Å². The molecule has 1 aliphatic carbocycles. The Morgan fingerprint density at radius 1 is 1.41 bits per heavy atom. The minimum Gasteiger partial charge on any atom is -0.321 e. The van der Waals surface area contributed by atoms with Gasteiger partial charge in [0.25, 0.3) is 0 Å². The first-order valence-electron chi connectivity index (χ1n) is 6.54. The van der Waals surface area contributed by atoms with Crippen LogP contribution in [0.3, 0.4) is 0 Å². The molecule has 1 aromatic heterocycles. The van der Waals surface area contributed by atoms with E-state index in [-0.39, 0.29) is 11.4 Å². The zero-order valence-corrected chi connectivity index (χ0v) is 10.5. The predicted octanol–water partition coefficient (Wildman–Crippen LogP) is 3.37. The Morgan fingerprint density at radius 3 is 2.94 bits per heavy atom. The van der Waals surface area contributed by atoms with Crippen LogP contribution in [0.4, 0.5) is 4.39 Å². The van der Waals surface area contributed by atoms with Gasteiger partial charge < -0.3 is 5.73 Å². The molecule has 0 amide bonds. The zero-order chi connectivity index (χ0) is 12.3. The molecule has 0 aliphatic heterocycles. The van der Waals surface area contributed by atoms with E-state index in [1.54, 1.807) is 12.3 Å². The number of nitrogens with two attached hydrogens (primary N) is 1. The Kier molecular flexibility index (Phi) is 3.77. The summed E-state index contributed by atoms with van der Waals surface area (Å²) in [6.07, 6.45) is 9.57. The first kappa shape index (κ1) is 12.5. The quantitative estimate of drug-likeness (QED) is 0.800. The highest BCUT2D eigenvalue weighted by Gasteiger charge is 2.31. The topological polar surface area (TPSA) is 38.9 Å². The molecule has 1 saturated carbocycles. The van der Waals surface area contributed by atoms with E-state index in [4.69, 9.17) is 5.73 Å². The van der Waals surface area contributed by atoms with Crippen molar-refractivity contribution in [1.82, 2.24) is 4.98 Å². The second-order valence-corrected chi connectivity index (χ2v) is 5.25. The fraction of sp³-hybridized carbons (Fsp3) is 0.643. The van der Waals surface area contributed by atoms with E-state index in [9.17, 15) is 4.39 Å². The maximum atomic E-state index is 13.2. The van der Waals surface area contributed by atoms with Crippen LogP contribution in [0.2, 0.25) is 0 Å². The number of rotatable bonds is 2. The van der Waals surface area contributed by atoms with Crippen LogP contribution in [-0.2, 0) is 5.54 Å². The summed E-state index contributed by atoms with van der Waals surface area (Å²) < 4.78 is 13.2. The summed E-state index contributed by atoms with van der Waals surface area (Å²) in [5.41, 5.74) is 6.94. The maximum absolute atomic E-state index is 13.2. The smallest absolute Gasteiger partial charge is 0.141 e. The van der Waals surface area contributed by atoms with Crippen LogP contribution in [0.15, 0.2) is 18.5 Å². The maximum Gasteiger partial charge on any atom is 0.141 e. The number of nitrogens with zero attached hydrogens (tertiary/aromatic N) is 1. The SMILES string of the molecule is CCC1CCCC(N)(c2cncc(F)c2)CC1. The van der Waals surface area contributed by atoms with Crippen molar-refractivity contribution < 1.29 is 4.39 Å². The summed E-state index contributed by atoms with van der Waals surface area (Å²) in [6, 6.07) is 1.54. The lowest BCUT2D eigenvalue weighted by Crippen LogP contribution is -2.36. The molecule has 1 fully saturated rings. The van der Waals surface area contributed by atoms with E-state index in [0.717, 1.165) is 37.2 Å². The molecule has 1 aliphatic rings. The zero-order valence-electron chi connectivity index (χ0n) is 10.5. The van der Waals surface area contributed by atoms with Crippen molar-refractivity contribution in [2.75, 3.05) is 0 Å². The Bertz CT molecular complexity index is 380. The van der Waals surface area contributed by atoms with Crippen molar-refractivity contribution >= 4 is 0 Å². The van der Waals surface area contributed by atoms with Crippen LogP contribution in [0.5, 0.6) is 0 Å². The third-order valence-electron chi connectivity index (χ3n) is 4.09. The van der Waals surface area contributed by atoms with E-state index < -0.39 is 0 Å². The Hall–Kier alpha value is -0.960. The van der Waals surface area contributed by atoms with Gasteiger partial charge in [-0.3, -0.25) is 4.98 Å². The number of hydrogen-bond acceptors (Lipinski definition) is 2. The van der Waals surface area contributed by atoms with Gasteiger partial charge in [0.15, 0.2) is 0 Å². The highest BCUT2D eigenvalue weighted by Crippen LogP contribution is 2.36. The molecule has 2 N–H and O–H groups in total. The van der Waals surface area contributed by atoms with Crippen LogP contribution in [0, 0.1) is 11.7 Å². The monoisotopic (exact) mass is 236 g/mol. The number of halogens is 1. The summed E-state index contributed by atoms with van der Waals surface area (Å²) in [4.78, 5) is 3.92. The van der Waals surface area contributed by atoms with Crippen molar-refractivity contribution in [3.05, 3.63) is 29.8 Å². The van der Waals surface area contributed by atoms with Crippen molar-refractivity contribution in [2.45, 2.75) is 51.0 Å². The van der Waals surface area contributed by atoms with E-state index >= 15 is 0 Å². The Labute approximate surface area is 102 Å². The average molecular weight is 236 g/mol. The third kappa shape index (κ3) is 2.83. The fourth-order valence-electron chi connectivity index (χ4n) is 2.82. The Morgan fingerprint density at radius 2 is 2.24 bits per heavy atom. The summed E-state index contributed by atoms with van der Waals surface area (Å²) in [5, 5.41) is 0. The normalized spacial score (nSPS) is 29.9. The predicted molar refractivity (Wildman–Crippen MR) is 66.9 cm³/mol. The summed E-state index contributed by atoms with van der Waals surface area (Å²) >= 11 is 0. The molecule has 94 valence electrons. The van der Waals surface area contributed by atoms with Gasteiger partial charge in [-0.05, 0) is 36.8 Å². The average Bonchev–Trinajstić information content (AvgIpc) is 2.52. The number of pyridine rings is 1. The van der Waals surface area contributed by atoms with E-state index in [1.165, 1.54) is 19.0 Å². The molecular formula is C14H21FN2. The van der Waals surface area contributed by atoms with Gasteiger partial charge in [-0.1, -0.05) is 26.2 Å². The molecule has 2 atom stereocenters. The molecular weight excluding hydrogens is 215 g/mol. The largest absolute Gasteiger partial charge is 0.321 e. The van der Waals surface area contributed by atoms with E-state index in [1.807, 2.05) is 0 Å². The molecule has 1 aromatic rings. The molecule has 0 bridgehead atoms. The molecule has 0 radical (unpaired) electrons. The molecule has 0 aromatic carbocycles. The van der Waals surface area contributed by atoms with E-state index in [0.29, 0.717) is 0 Å². The first-order valence-corrected chi connectivity index (χ1v) is 6.54. The van der Waals surface area contributed by atoms with Gasteiger partial charge in [0.1, 0.15) is 5.82 Å². The lowest BCUT2D eigenvalue weighted by molar-refractivity contribution is 0.369. The standard InChI is InChI=1S/C14H21FN2/c1-2-11-4-3-6-14(16,7-5-11)12-8-13(15)10-17-9-12/h8-11H,2-7,16H2,1H3. The highest BCUT2D eigenvalue weighted by molar-refractivity contribution is 5.21. The summed E-state index contributed by atoms with van der Waals surface area (Å²) in [6.45, 7) is 2.23. The molecule has 3 heteroatoms. The van der Waals surface area contributed by atoms with Gasteiger partial charge >= 0.3 is 0 Å². The second-order valence-electron chi connectivity index (χ2n) is 5.25. The highest BCUT2D eigenvalue weighted by atomic mass is 19.1. The van der Waals surface area contributed by atoms with Gasteiger partial charge in [-0.15, -0.1) is 0 Å². The van der Waals surface area contributed by atoms with Crippen molar-refractivity contribution in [3.63, 3.8) is 0 Å². The molecule has 2 nitrogen and oxygen atoms in total. The van der Waals surface area contributed by atoms with Gasteiger partial charge in [-0.2, -0.15) is 0 Å². The Balaban J connectivity index is 2.18. The van der Waals surface area contributed by atoms with Gasteiger partial charge in [0, 0.05) is 11.7 Å². The lowest BCUT2D eigenvalue weighted by Gasteiger charge is -2.28. The molecule has 1 heterocycles.